The Morgan fingerprint density at radius 1 is 1.16 bits per heavy atom. The summed E-state index contributed by atoms with van der Waals surface area (Å²) in [4.78, 5) is 12.2. The Balaban J connectivity index is 2.08. The van der Waals surface area contributed by atoms with Crippen molar-refractivity contribution in [1.29, 1.82) is 0 Å². The molecule has 2 rings (SSSR count). The van der Waals surface area contributed by atoms with E-state index < -0.39 is 22.0 Å². The van der Waals surface area contributed by atoms with Gasteiger partial charge in [0, 0.05) is 10.7 Å². The molecule has 2 aromatic rings. The van der Waals surface area contributed by atoms with E-state index in [9.17, 15) is 13.2 Å². The van der Waals surface area contributed by atoms with Crippen LogP contribution < -0.4 is 14.8 Å². The lowest BCUT2D eigenvalue weighted by atomic mass is 10.2. The SMILES string of the molecule is COc1ccc(NC(=O)[C@H](C)NS(=O)(=O)c2cccc(Cl)c2)cc1Cl. The average Bonchev–Trinajstić information content (AvgIpc) is 2.54. The molecule has 2 aromatic carbocycles. The quantitative estimate of drug-likeness (QED) is 0.775. The standard InChI is InChI=1S/C16H16Cl2N2O4S/c1-10(20-25(22,23)13-5-3-4-11(17)8-13)16(21)19-12-6-7-15(24-2)14(18)9-12/h3-10,20H,1-2H3,(H,19,21)/t10-/m0/s1. The van der Waals surface area contributed by atoms with Gasteiger partial charge in [0.1, 0.15) is 5.75 Å². The number of amides is 1. The molecular weight excluding hydrogens is 387 g/mol. The number of anilines is 1. The van der Waals surface area contributed by atoms with Gasteiger partial charge in [-0.05, 0) is 43.3 Å². The normalized spacial score (nSPS) is 12.5. The molecule has 25 heavy (non-hydrogen) atoms. The third-order valence-electron chi connectivity index (χ3n) is 3.25. The maximum atomic E-state index is 12.3. The number of carbonyl (C=O) groups excluding carboxylic acids is 1. The Morgan fingerprint density at radius 2 is 1.88 bits per heavy atom. The summed E-state index contributed by atoms with van der Waals surface area (Å²) in [6, 6.07) is 9.46. The van der Waals surface area contributed by atoms with Gasteiger partial charge in [0.05, 0.1) is 23.1 Å². The first-order chi connectivity index (χ1) is 11.7. The van der Waals surface area contributed by atoms with E-state index in [1.165, 1.54) is 38.3 Å². The number of rotatable bonds is 6. The number of sulfonamides is 1. The fraction of sp³-hybridized carbons (Fsp3) is 0.188. The Labute approximate surface area is 156 Å². The lowest BCUT2D eigenvalue weighted by Crippen LogP contribution is -2.41. The van der Waals surface area contributed by atoms with E-state index in [-0.39, 0.29) is 9.92 Å². The molecule has 0 aliphatic rings. The van der Waals surface area contributed by atoms with E-state index in [0.717, 1.165) is 0 Å². The summed E-state index contributed by atoms with van der Waals surface area (Å²) in [5.41, 5.74) is 0.421. The largest absolute Gasteiger partial charge is 0.495 e. The summed E-state index contributed by atoms with van der Waals surface area (Å²) < 4.78 is 31.9. The van der Waals surface area contributed by atoms with Crippen LogP contribution in [0.25, 0.3) is 0 Å². The molecule has 0 saturated carbocycles. The van der Waals surface area contributed by atoms with Gasteiger partial charge in [-0.3, -0.25) is 4.79 Å². The van der Waals surface area contributed by atoms with Crippen LogP contribution in [-0.4, -0.2) is 27.5 Å². The Bertz CT molecular complexity index is 887. The number of hydrogen-bond donors (Lipinski definition) is 2. The van der Waals surface area contributed by atoms with Crippen LogP contribution in [-0.2, 0) is 14.8 Å². The second-order valence-corrected chi connectivity index (χ2v) is 7.70. The summed E-state index contributed by atoms with van der Waals surface area (Å²) in [5, 5.41) is 3.20. The summed E-state index contributed by atoms with van der Waals surface area (Å²) >= 11 is 11.8. The first-order valence-corrected chi connectivity index (χ1v) is 9.39. The summed E-state index contributed by atoms with van der Waals surface area (Å²) in [6.45, 7) is 1.43. The number of nitrogens with one attached hydrogen (secondary N) is 2. The molecule has 6 nitrogen and oxygen atoms in total. The van der Waals surface area contributed by atoms with Crippen LogP contribution in [0, 0.1) is 0 Å². The number of carbonyl (C=O) groups is 1. The van der Waals surface area contributed by atoms with Crippen LogP contribution >= 0.6 is 23.2 Å². The van der Waals surface area contributed by atoms with Crippen molar-refractivity contribution in [2.45, 2.75) is 17.9 Å². The minimum absolute atomic E-state index is 0.0212. The fourth-order valence-corrected chi connectivity index (χ4v) is 3.74. The first-order valence-electron chi connectivity index (χ1n) is 7.15. The highest BCUT2D eigenvalue weighted by molar-refractivity contribution is 7.89. The first kappa shape index (κ1) is 19.5. The molecule has 1 amide bonds. The molecule has 0 bridgehead atoms. The number of hydrogen-bond acceptors (Lipinski definition) is 4. The molecule has 134 valence electrons. The molecule has 1 atom stereocenters. The van der Waals surface area contributed by atoms with Crippen LogP contribution in [0.1, 0.15) is 6.92 Å². The Morgan fingerprint density at radius 3 is 2.48 bits per heavy atom. The monoisotopic (exact) mass is 402 g/mol. The topological polar surface area (TPSA) is 84.5 Å². The van der Waals surface area contributed by atoms with Gasteiger partial charge in [-0.2, -0.15) is 4.72 Å². The predicted molar refractivity (Wildman–Crippen MR) is 97.9 cm³/mol. The molecule has 9 heteroatoms. The maximum absolute atomic E-state index is 12.3. The van der Waals surface area contributed by atoms with Crippen molar-refractivity contribution >= 4 is 44.8 Å². The van der Waals surface area contributed by atoms with Gasteiger partial charge in [-0.25, -0.2) is 8.42 Å². The summed E-state index contributed by atoms with van der Waals surface area (Å²) in [6.07, 6.45) is 0. The van der Waals surface area contributed by atoms with E-state index in [1.807, 2.05) is 0 Å². The van der Waals surface area contributed by atoms with Crippen LogP contribution in [0.4, 0.5) is 5.69 Å². The third kappa shape index (κ3) is 5.09. The highest BCUT2D eigenvalue weighted by Crippen LogP contribution is 2.27. The number of ether oxygens (including phenoxy) is 1. The van der Waals surface area contributed by atoms with Crippen LogP contribution in [0.5, 0.6) is 5.75 Å². The van der Waals surface area contributed by atoms with Crippen molar-refractivity contribution in [2.24, 2.45) is 0 Å². The minimum Gasteiger partial charge on any atom is -0.495 e. The molecule has 0 unspecified atom stereocenters. The smallest absolute Gasteiger partial charge is 0.242 e. The van der Waals surface area contributed by atoms with Crippen LogP contribution in [0.2, 0.25) is 10.0 Å². The molecule has 0 aliphatic heterocycles. The summed E-state index contributed by atoms with van der Waals surface area (Å²) in [5.74, 6) is -0.0683. The van der Waals surface area contributed by atoms with Gasteiger partial charge in [0.2, 0.25) is 15.9 Å². The maximum Gasteiger partial charge on any atom is 0.242 e. The van der Waals surface area contributed by atoms with Crippen molar-refractivity contribution in [3.63, 3.8) is 0 Å². The van der Waals surface area contributed by atoms with E-state index in [2.05, 4.69) is 10.0 Å². The van der Waals surface area contributed by atoms with Gasteiger partial charge in [0.25, 0.3) is 0 Å². The Kier molecular flexibility index (Phi) is 6.29. The molecular formula is C16H16Cl2N2O4S. The van der Waals surface area contributed by atoms with E-state index in [0.29, 0.717) is 16.5 Å². The van der Waals surface area contributed by atoms with Crippen molar-refractivity contribution in [3.8, 4) is 5.75 Å². The minimum atomic E-state index is -3.88. The lowest BCUT2D eigenvalue weighted by Gasteiger charge is -2.15. The van der Waals surface area contributed by atoms with Gasteiger partial charge in [-0.15, -0.1) is 0 Å². The molecule has 0 fully saturated rings. The van der Waals surface area contributed by atoms with E-state index in [1.54, 1.807) is 18.2 Å². The zero-order valence-corrected chi connectivity index (χ0v) is 15.7. The van der Waals surface area contributed by atoms with Crippen LogP contribution in [0.3, 0.4) is 0 Å². The van der Waals surface area contributed by atoms with Crippen molar-refractivity contribution in [3.05, 3.63) is 52.5 Å². The third-order valence-corrected chi connectivity index (χ3v) is 5.32. The number of methoxy groups -OCH3 is 1. The molecule has 0 heterocycles. The number of halogens is 2. The molecule has 0 aliphatic carbocycles. The average molecular weight is 403 g/mol. The van der Waals surface area contributed by atoms with Crippen molar-refractivity contribution in [2.75, 3.05) is 12.4 Å². The summed E-state index contributed by atoms with van der Waals surface area (Å²) in [7, 11) is -2.40. The molecule has 0 radical (unpaired) electrons. The second-order valence-electron chi connectivity index (χ2n) is 5.14. The zero-order chi connectivity index (χ0) is 18.6. The highest BCUT2D eigenvalue weighted by atomic mass is 35.5. The lowest BCUT2D eigenvalue weighted by molar-refractivity contribution is -0.117. The zero-order valence-electron chi connectivity index (χ0n) is 13.4. The second kappa shape index (κ2) is 8.05. The van der Waals surface area contributed by atoms with Gasteiger partial charge < -0.3 is 10.1 Å². The Hall–Kier alpha value is -1.80. The molecule has 2 N–H and O–H groups in total. The van der Waals surface area contributed by atoms with Gasteiger partial charge in [0.15, 0.2) is 0 Å². The van der Waals surface area contributed by atoms with Gasteiger partial charge >= 0.3 is 0 Å². The van der Waals surface area contributed by atoms with Crippen molar-refractivity contribution in [1.82, 2.24) is 4.72 Å². The van der Waals surface area contributed by atoms with Gasteiger partial charge in [-0.1, -0.05) is 29.3 Å². The van der Waals surface area contributed by atoms with E-state index in [4.69, 9.17) is 27.9 Å². The molecule has 0 spiro atoms. The highest BCUT2D eigenvalue weighted by Gasteiger charge is 2.22. The predicted octanol–water partition coefficient (Wildman–Crippen LogP) is 3.31. The van der Waals surface area contributed by atoms with E-state index >= 15 is 0 Å². The fourth-order valence-electron chi connectivity index (χ4n) is 1.98. The number of benzene rings is 2. The van der Waals surface area contributed by atoms with Crippen LogP contribution in [0.15, 0.2) is 47.4 Å². The molecule has 0 saturated heterocycles. The molecule has 0 aromatic heterocycles. The van der Waals surface area contributed by atoms with Crippen molar-refractivity contribution < 1.29 is 17.9 Å².